The second-order valence-corrected chi connectivity index (χ2v) is 10.9. The van der Waals surface area contributed by atoms with E-state index in [-0.39, 0.29) is 31.3 Å². The summed E-state index contributed by atoms with van der Waals surface area (Å²) in [6.45, 7) is 0.658. The smallest absolute Gasteiger partial charge is 0.252 e. The minimum atomic E-state index is -3.85. The topological polar surface area (TPSA) is 90.2 Å². The Labute approximate surface area is 199 Å². The maximum atomic E-state index is 13.2. The second kappa shape index (κ2) is 8.87. The van der Waals surface area contributed by atoms with Gasteiger partial charge in [0.1, 0.15) is 5.82 Å². The first-order chi connectivity index (χ1) is 16.4. The monoisotopic (exact) mass is 501 g/mol. The maximum Gasteiger partial charge on any atom is 0.252 e. The summed E-state index contributed by atoms with van der Waals surface area (Å²) in [5.41, 5.74) is 0.780. The van der Waals surface area contributed by atoms with Crippen LogP contribution in [0.15, 0.2) is 46.3 Å². The van der Waals surface area contributed by atoms with Gasteiger partial charge in [0.2, 0.25) is 16.8 Å². The van der Waals surface area contributed by atoms with Crippen molar-refractivity contribution in [2.24, 2.45) is 10.9 Å². The summed E-state index contributed by atoms with van der Waals surface area (Å²) in [4.78, 5) is 17.9. The van der Waals surface area contributed by atoms with Crippen LogP contribution in [0.25, 0.3) is 10.2 Å². The molecule has 1 fully saturated rings. The number of fused-ring (bicyclic) bond motifs is 2. The van der Waals surface area contributed by atoms with Gasteiger partial charge in [-0.25, -0.2) is 12.8 Å². The van der Waals surface area contributed by atoms with E-state index in [0.717, 1.165) is 22.3 Å². The SMILES string of the molecule is C#CCn1c(=NC(=O)C2CCCN(S(=O)(=O)c3ccc(F)cc3)C2)sc2cc3c(cc21)OCO3. The summed E-state index contributed by atoms with van der Waals surface area (Å²) in [6.07, 6.45) is 6.59. The molecule has 8 nitrogen and oxygen atoms in total. The number of carbonyl (C=O) groups excluding carboxylic acids is 1. The van der Waals surface area contributed by atoms with Crippen LogP contribution in [0.2, 0.25) is 0 Å². The van der Waals surface area contributed by atoms with Crippen LogP contribution in [0.5, 0.6) is 11.5 Å². The van der Waals surface area contributed by atoms with E-state index >= 15 is 0 Å². The first-order valence-corrected chi connectivity index (χ1v) is 12.8. The Morgan fingerprint density at radius 1 is 1.24 bits per heavy atom. The van der Waals surface area contributed by atoms with Crippen LogP contribution < -0.4 is 14.3 Å². The molecule has 5 rings (SSSR count). The zero-order valence-electron chi connectivity index (χ0n) is 17.9. The molecule has 1 amide bonds. The largest absolute Gasteiger partial charge is 0.454 e. The van der Waals surface area contributed by atoms with Crippen molar-refractivity contribution in [1.82, 2.24) is 8.87 Å². The van der Waals surface area contributed by atoms with Crippen LogP contribution in [-0.2, 0) is 21.4 Å². The van der Waals surface area contributed by atoms with Crippen LogP contribution in [0, 0.1) is 24.1 Å². The number of aromatic nitrogens is 1. The average Bonchev–Trinajstić information content (AvgIpc) is 3.42. The van der Waals surface area contributed by atoms with Gasteiger partial charge < -0.3 is 14.0 Å². The van der Waals surface area contributed by atoms with Crippen molar-refractivity contribution in [1.29, 1.82) is 0 Å². The number of piperidine rings is 1. The van der Waals surface area contributed by atoms with Gasteiger partial charge in [-0.2, -0.15) is 9.30 Å². The van der Waals surface area contributed by atoms with Crippen molar-refractivity contribution in [2.75, 3.05) is 19.9 Å². The molecular formula is C23H20FN3O5S2. The predicted molar refractivity (Wildman–Crippen MR) is 123 cm³/mol. The zero-order valence-corrected chi connectivity index (χ0v) is 19.6. The Balaban J connectivity index is 1.44. The zero-order chi connectivity index (χ0) is 23.9. The number of hydrogen-bond acceptors (Lipinski definition) is 6. The highest BCUT2D eigenvalue weighted by Gasteiger charge is 2.33. The minimum Gasteiger partial charge on any atom is -0.454 e. The summed E-state index contributed by atoms with van der Waals surface area (Å²) < 4.78 is 54.0. The molecule has 3 aromatic rings. The first-order valence-electron chi connectivity index (χ1n) is 10.6. The molecule has 2 aliphatic rings. The Kier molecular flexibility index (Phi) is 5.89. The van der Waals surface area contributed by atoms with Crippen LogP contribution in [0.3, 0.4) is 0 Å². The number of terminal acetylenes is 1. The van der Waals surface area contributed by atoms with Crippen LogP contribution in [0.1, 0.15) is 12.8 Å². The molecule has 0 radical (unpaired) electrons. The van der Waals surface area contributed by atoms with Crippen LogP contribution in [0.4, 0.5) is 4.39 Å². The molecule has 0 spiro atoms. The molecule has 11 heteroatoms. The molecule has 2 aromatic carbocycles. The Hall–Kier alpha value is -3.20. The highest BCUT2D eigenvalue weighted by molar-refractivity contribution is 7.89. The van der Waals surface area contributed by atoms with E-state index in [0.29, 0.717) is 29.1 Å². The molecule has 1 saturated heterocycles. The number of nitrogens with zero attached hydrogens (tertiary/aromatic N) is 3. The normalized spacial score (nSPS) is 18.8. The number of hydrogen-bond donors (Lipinski definition) is 0. The molecule has 1 unspecified atom stereocenters. The van der Waals surface area contributed by atoms with Gasteiger partial charge in [0.05, 0.1) is 27.6 Å². The third-order valence-electron chi connectivity index (χ3n) is 5.82. The Morgan fingerprint density at radius 3 is 2.71 bits per heavy atom. The number of halogens is 1. The molecule has 1 atom stereocenters. The first kappa shape index (κ1) is 22.6. The van der Waals surface area contributed by atoms with Gasteiger partial charge in [0.25, 0.3) is 5.91 Å². The van der Waals surface area contributed by atoms with Gasteiger partial charge in [0.15, 0.2) is 16.3 Å². The number of amides is 1. The fourth-order valence-electron chi connectivity index (χ4n) is 4.09. The van der Waals surface area contributed by atoms with Gasteiger partial charge in [-0.3, -0.25) is 4.79 Å². The van der Waals surface area contributed by atoms with E-state index in [1.54, 1.807) is 4.57 Å². The van der Waals surface area contributed by atoms with Crippen LogP contribution >= 0.6 is 11.3 Å². The Morgan fingerprint density at radius 2 is 1.97 bits per heavy atom. The van der Waals surface area contributed by atoms with Gasteiger partial charge in [0, 0.05) is 25.2 Å². The summed E-state index contributed by atoms with van der Waals surface area (Å²) >= 11 is 1.30. The maximum absolute atomic E-state index is 13.2. The summed E-state index contributed by atoms with van der Waals surface area (Å²) in [5, 5.41) is 0. The van der Waals surface area contributed by atoms with Crippen molar-refractivity contribution in [2.45, 2.75) is 24.3 Å². The van der Waals surface area contributed by atoms with E-state index in [1.807, 2.05) is 12.1 Å². The predicted octanol–water partition coefficient (Wildman–Crippen LogP) is 2.73. The molecule has 1 aromatic heterocycles. The lowest BCUT2D eigenvalue weighted by molar-refractivity contribution is -0.122. The molecular weight excluding hydrogens is 481 g/mol. The number of benzene rings is 2. The van der Waals surface area contributed by atoms with Gasteiger partial charge in [-0.15, -0.1) is 6.42 Å². The minimum absolute atomic E-state index is 0.00667. The van der Waals surface area contributed by atoms with Crippen molar-refractivity contribution >= 4 is 37.5 Å². The number of carbonyl (C=O) groups is 1. The fraction of sp³-hybridized carbons (Fsp3) is 0.304. The molecule has 0 N–H and O–H groups in total. The van der Waals surface area contributed by atoms with E-state index in [1.165, 1.54) is 27.8 Å². The summed E-state index contributed by atoms with van der Waals surface area (Å²) in [6, 6.07) is 8.30. The molecule has 0 aliphatic carbocycles. The molecule has 176 valence electrons. The van der Waals surface area contributed by atoms with Crippen molar-refractivity contribution in [3.8, 4) is 23.8 Å². The molecule has 3 heterocycles. The number of ether oxygens (including phenoxy) is 2. The summed E-state index contributed by atoms with van der Waals surface area (Å²) in [7, 11) is -3.85. The van der Waals surface area contributed by atoms with E-state index in [9.17, 15) is 17.6 Å². The highest BCUT2D eigenvalue weighted by atomic mass is 32.2. The fourth-order valence-corrected chi connectivity index (χ4v) is 6.66. The molecule has 0 bridgehead atoms. The van der Waals surface area contributed by atoms with Crippen molar-refractivity contribution in [3.05, 3.63) is 47.0 Å². The third-order valence-corrected chi connectivity index (χ3v) is 8.74. The second-order valence-electron chi connectivity index (χ2n) is 7.95. The third kappa shape index (κ3) is 4.09. The highest BCUT2D eigenvalue weighted by Crippen LogP contribution is 2.37. The van der Waals surface area contributed by atoms with Crippen LogP contribution in [-0.4, -0.2) is 43.1 Å². The van der Waals surface area contributed by atoms with E-state index in [2.05, 4.69) is 10.9 Å². The van der Waals surface area contributed by atoms with E-state index in [4.69, 9.17) is 15.9 Å². The molecule has 0 saturated carbocycles. The van der Waals surface area contributed by atoms with Gasteiger partial charge in [-0.1, -0.05) is 17.3 Å². The van der Waals surface area contributed by atoms with Gasteiger partial charge >= 0.3 is 0 Å². The average molecular weight is 502 g/mol. The lowest BCUT2D eigenvalue weighted by atomic mass is 9.99. The van der Waals surface area contributed by atoms with Crippen molar-refractivity contribution < 1.29 is 27.1 Å². The standard InChI is InChI=1S/C23H20FN3O5S2/c1-2-9-27-18-11-19-20(32-14-31-19)12-21(18)33-23(27)25-22(28)15-4-3-10-26(13-15)34(29,30)17-7-5-16(24)6-8-17/h1,5-8,11-12,15H,3-4,9-10,13-14H2. The molecule has 2 aliphatic heterocycles. The number of thiazole rings is 1. The lowest BCUT2D eigenvalue weighted by Gasteiger charge is -2.30. The van der Waals surface area contributed by atoms with Gasteiger partial charge in [-0.05, 0) is 37.1 Å². The molecule has 34 heavy (non-hydrogen) atoms. The van der Waals surface area contributed by atoms with E-state index < -0.39 is 27.7 Å². The summed E-state index contributed by atoms with van der Waals surface area (Å²) in [5.74, 6) is 2.29. The van der Waals surface area contributed by atoms with Crippen molar-refractivity contribution in [3.63, 3.8) is 0 Å². The lowest BCUT2D eigenvalue weighted by Crippen LogP contribution is -2.42. The number of rotatable bonds is 4. The number of sulfonamides is 1. The quantitative estimate of drug-likeness (QED) is 0.513. The Bertz CT molecular complexity index is 1490.